The van der Waals surface area contributed by atoms with Crippen LogP contribution in [-0.4, -0.2) is 24.5 Å². The summed E-state index contributed by atoms with van der Waals surface area (Å²) in [6.07, 6.45) is 4.96. The standard InChI is InChI=1S/C15H22ClN3O/c1-10-3-5-11(6-4-10)9-18-15(20)12-7-13(16)19-14(8-12)17-2/h7-8,10-11H,3-6,9H2,1-2H3,(H,17,19)(H,18,20). The Morgan fingerprint density at radius 3 is 2.70 bits per heavy atom. The summed E-state index contributed by atoms with van der Waals surface area (Å²) in [6, 6.07) is 3.31. The third-order valence-corrected chi connectivity index (χ3v) is 4.19. The molecule has 1 saturated carbocycles. The Bertz CT molecular complexity index is 470. The van der Waals surface area contributed by atoms with E-state index in [1.54, 1.807) is 19.2 Å². The second kappa shape index (κ2) is 6.93. The number of nitrogens with zero attached hydrogens (tertiary/aromatic N) is 1. The zero-order valence-electron chi connectivity index (χ0n) is 12.1. The van der Waals surface area contributed by atoms with Gasteiger partial charge in [0.1, 0.15) is 11.0 Å². The number of nitrogens with one attached hydrogen (secondary N) is 2. The minimum atomic E-state index is -0.0792. The van der Waals surface area contributed by atoms with Crippen molar-refractivity contribution in [2.75, 3.05) is 18.9 Å². The van der Waals surface area contributed by atoms with Gasteiger partial charge in [0.05, 0.1) is 0 Å². The highest BCUT2D eigenvalue weighted by Crippen LogP contribution is 2.27. The molecule has 0 spiro atoms. The Labute approximate surface area is 125 Å². The van der Waals surface area contributed by atoms with Crippen molar-refractivity contribution in [3.63, 3.8) is 0 Å². The number of aromatic nitrogens is 1. The molecule has 2 rings (SSSR count). The van der Waals surface area contributed by atoms with Crippen LogP contribution in [0.2, 0.25) is 5.15 Å². The summed E-state index contributed by atoms with van der Waals surface area (Å²) in [4.78, 5) is 16.2. The number of carbonyl (C=O) groups is 1. The van der Waals surface area contributed by atoms with Gasteiger partial charge in [0.25, 0.3) is 5.91 Å². The number of halogens is 1. The molecule has 1 fully saturated rings. The zero-order valence-corrected chi connectivity index (χ0v) is 12.8. The number of hydrogen-bond acceptors (Lipinski definition) is 3. The van der Waals surface area contributed by atoms with Crippen LogP contribution in [0.25, 0.3) is 0 Å². The number of pyridine rings is 1. The summed E-state index contributed by atoms with van der Waals surface area (Å²) in [5.41, 5.74) is 0.554. The molecule has 1 aromatic heterocycles. The van der Waals surface area contributed by atoms with Gasteiger partial charge in [-0.3, -0.25) is 4.79 Å². The molecule has 0 aromatic carbocycles. The zero-order chi connectivity index (χ0) is 14.5. The lowest BCUT2D eigenvalue weighted by molar-refractivity contribution is 0.0942. The van der Waals surface area contributed by atoms with E-state index in [9.17, 15) is 4.79 Å². The van der Waals surface area contributed by atoms with Crippen molar-refractivity contribution in [3.8, 4) is 0 Å². The Hall–Kier alpha value is -1.29. The van der Waals surface area contributed by atoms with E-state index >= 15 is 0 Å². The highest BCUT2D eigenvalue weighted by atomic mass is 35.5. The topological polar surface area (TPSA) is 54.0 Å². The summed E-state index contributed by atoms with van der Waals surface area (Å²) in [5.74, 6) is 1.97. The molecule has 2 N–H and O–H groups in total. The molecule has 1 aliphatic rings. The lowest BCUT2D eigenvalue weighted by Crippen LogP contribution is -2.31. The van der Waals surface area contributed by atoms with Crippen LogP contribution in [0, 0.1) is 11.8 Å². The molecule has 1 aromatic rings. The molecule has 0 bridgehead atoms. The Morgan fingerprint density at radius 1 is 1.35 bits per heavy atom. The van der Waals surface area contributed by atoms with E-state index in [1.165, 1.54) is 25.7 Å². The normalized spacial score (nSPS) is 22.4. The number of amides is 1. The van der Waals surface area contributed by atoms with E-state index in [0.717, 1.165) is 12.5 Å². The molecule has 4 nitrogen and oxygen atoms in total. The van der Waals surface area contributed by atoms with Crippen molar-refractivity contribution >= 4 is 23.3 Å². The van der Waals surface area contributed by atoms with Gasteiger partial charge in [-0.05, 0) is 36.8 Å². The lowest BCUT2D eigenvalue weighted by atomic mass is 9.83. The second-order valence-corrected chi connectivity index (χ2v) is 6.04. The molecule has 0 unspecified atom stereocenters. The Kier molecular flexibility index (Phi) is 5.24. The Balaban J connectivity index is 1.90. The van der Waals surface area contributed by atoms with Gasteiger partial charge in [-0.2, -0.15) is 0 Å². The SMILES string of the molecule is CNc1cc(C(=O)NCC2CCC(C)CC2)cc(Cl)n1. The maximum Gasteiger partial charge on any atom is 0.251 e. The fraction of sp³-hybridized carbons (Fsp3) is 0.600. The number of carbonyl (C=O) groups excluding carboxylic acids is 1. The van der Waals surface area contributed by atoms with Crippen LogP contribution in [-0.2, 0) is 0 Å². The van der Waals surface area contributed by atoms with Gasteiger partial charge >= 0.3 is 0 Å². The first-order chi connectivity index (χ1) is 9.58. The van der Waals surface area contributed by atoms with Crippen LogP contribution in [0.15, 0.2) is 12.1 Å². The quantitative estimate of drug-likeness (QED) is 0.838. The highest BCUT2D eigenvalue weighted by Gasteiger charge is 2.19. The van der Waals surface area contributed by atoms with E-state index in [2.05, 4.69) is 22.5 Å². The first-order valence-electron chi connectivity index (χ1n) is 7.22. The van der Waals surface area contributed by atoms with Crippen LogP contribution in [0.1, 0.15) is 43.0 Å². The van der Waals surface area contributed by atoms with Crippen molar-refractivity contribution in [3.05, 3.63) is 22.8 Å². The Morgan fingerprint density at radius 2 is 2.05 bits per heavy atom. The molecule has 1 heterocycles. The summed E-state index contributed by atoms with van der Waals surface area (Å²) < 4.78 is 0. The van der Waals surface area contributed by atoms with Gasteiger partial charge in [0, 0.05) is 19.2 Å². The smallest absolute Gasteiger partial charge is 0.251 e. The van der Waals surface area contributed by atoms with Gasteiger partial charge < -0.3 is 10.6 Å². The largest absolute Gasteiger partial charge is 0.373 e. The molecule has 110 valence electrons. The fourth-order valence-corrected chi connectivity index (χ4v) is 2.84. The molecule has 1 aliphatic carbocycles. The third kappa shape index (κ3) is 4.10. The van der Waals surface area contributed by atoms with Crippen LogP contribution in [0.3, 0.4) is 0 Å². The molecule has 0 atom stereocenters. The number of hydrogen-bond donors (Lipinski definition) is 2. The summed E-state index contributed by atoms with van der Waals surface area (Å²) in [7, 11) is 1.75. The maximum atomic E-state index is 12.1. The van der Waals surface area contributed by atoms with E-state index in [-0.39, 0.29) is 5.91 Å². The van der Waals surface area contributed by atoms with Crippen molar-refractivity contribution in [2.24, 2.45) is 11.8 Å². The van der Waals surface area contributed by atoms with Crippen LogP contribution in [0.4, 0.5) is 5.82 Å². The number of rotatable bonds is 4. The van der Waals surface area contributed by atoms with Crippen LogP contribution < -0.4 is 10.6 Å². The van der Waals surface area contributed by atoms with E-state index in [0.29, 0.717) is 22.5 Å². The van der Waals surface area contributed by atoms with Gasteiger partial charge in [-0.25, -0.2) is 4.98 Å². The monoisotopic (exact) mass is 295 g/mol. The van der Waals surface area contributed by atoms with Gasteiger partial charge in [0.2, 0.25) is 0 Å². The summed E-state index contributed by atoms with van der Waals surface area (Å²) in [6.45, 7) is 3.05. The van der Waals surface area contributed by atoms with Gasteiger partial charge in [0.15, 0.2) is 0 Å². The summed E-state index contributed by atoms with van der Waals surface area (Å²) >= 11 is 5.91. The minimum absolute atomic E-state index is 0.0792. The summed E-state index contributed by atoms with van der Waals surface area (Å²) in [5, 5.41) is 6.23. The van der Waals surface area contributed by atoms with Crippen molar-refractivity contribution in [1.82, 2.24) is 10.3 Å². The molecule has 0 aliphatic heterocycles. The first kappa shape index (κ1) is 15.1. The molecule has 0 saturated heterocycles. The fourth-order valence-electron chi connectivity index (χ4n) is 2.63. The van der Waals surface area contributed by atoms with E-state index in [4.69, 9.17) is 11.6 Å². The highest BCUT2D eigenvalue weighted by molar-refractivity contribution is 6.29. The molecular weight excluding hydrogens is 274 g/mol. The first-order valence-corrected chi connectivity index (χ1v) is 7.60. The average molecular weight is 296 g/mol. The molecule has 0 radical (unpaired) electrons. The predicted octanol–water partition coefficient (Wildman–Crippen LogP) is 3.33. The molecule has 20 heavy (non-hydrogen) atoms. The van der Waals surface area contributed by atoms with E-state index < -0.39 is 0 Å². The molecule has 5 heteroatoms. The predicted molar refractivity (Wildman–Crippen MR) is 82.2 cm³/mol. The average Bonchev–Trinajstić information content (AvgIpc) is 2.45. The molecule has 1 amide bonds. The van der Waals surface area contributed by atoms with Gasteiger partial charge in [-0.15, -0.1) is 0 Å². The second-order valence-electron chi connectivity index (χ2n) is 5.65. The van der Waals surface area contributed by atoms with Crippen LogP contribution in [0.5, 0.6) is 0 Å². The molecular formula is C15H22ClN3O. The van der Waals surface area contributed by atoms with Gasteiger partial charge in [-0.1, -0.05) is 31.4 Å². The maximum absolute atomic E-state index is 12.1. The van der Waals surface area contributed by atoms with E-state index in [1.807, 2.05) is 0 Å². The van der Waals surface area contributed by atoms with Crippen molar-refractivity contribution in [2.45, 2.75) is 32.6 Å². The van der Waals surface area contributed by atoms with Crippen molar-refractivity contribution < 1.29 is 4.79 Å². The third-order valence-electron chi connectivity index (χ3n) is 4.00. The van der Waals surface area contributed by atoms with Crippen molar-refractivity contribution in [1.29, 1.82) is 0 Å². The van der Waals surface area contributed by atoms with Crippen LogP contribution >= 0.6 is 11.6 Å². The number of anilines is 1. The lowest BCUT2D eigenvalue weighted by Gasteiger charge is -2.26. The minimum Gasteiger partial charge on any atom is -0.373 e.